The summed E-state index contributed by atoms with van der Waals surface area (Å²) in [6.07, 6.45) is 0. The van der Waals surface area contributed by atoms with E-state index in [9.17, 15) is 0 Å². The zero-order valence-corrected chi connectivity index (χ0v) is 12.1. The van der Waals surface area contributed by atoms with Gasteiger partial charge in [0.25, 0.3) is 0 Å². The lowest BCUT2D eigenvalue weighted by Crippen LogP contribution is -2.30. The highest BCUT2D eigenvalue weighted by molar-refractivity contribution is 5.54. The molecule has 3 nitrogen and oxygen atoms in total. The van der Waals surface area contributed by atoms with Crippen LogP contribution in [0.3, 0.4) is 0 Å². The second-order valence-corrected chi connectivity index (χ2v) is 4.86. The second kappa shape index (κ2) is 7.27. The molecule has 1 atom stereocenters. The number of methoxy groups -OCH3 is 1. The van der Waals surface area contributed by atoms with Gasteiger partial charge in [0.15, 0.2) is 0 Å². The molecule has 1 rings (SSSR count). The first-order valence-electron chi connectivity index (χ1n) is 6.57. The van der Waals surface area contributed by atoms with Crippen molar-refractivity contribution in [1.29, 1.82) is 0 Å². The molecule has 0 aliphatic carbocycles. The van der Waals surface area contributed by atoms with Gasteiger partial charge in [-0.3, -0.25) is 0 Å². The standard InChI is InChI=1S/C15H25NO2/c1-6-18-13-7-8-14(12(4)9-13)16-15(10-17-5)11(2)3/h7-9,11,15-16H,6,10H2,1-5H3. The van der Waals surface area contributed by atoms with Crippen LogP contribution in [0.5, 0.6) is 5.75 Å². The largest absolute Gasteiger partial charge is 0.494 e. The quantitative estimate of drug-likeness (QED) is 0.805. The van der Waals surface area contributed by atoms with E-state index in [1.54, 1.807) is 7.11 Å². The Morgan fingerprint density at radius 2 is 2.00 bits per heavy atom. The first kappa shape index (κ1) is 14.8. The maximum atomic E-state index is 5.49. The molecule has 0 aromatic heterocycles. The van der Waals surface area contributed by atoms with Gasteiger partial charge in [-0.25, -0.2) is 0 Å². The molecule has 1 aromatic carbocycles. The molecule has 1 unspecified atom stereocenters. The SMILES string of the molecule is CCOc1ccc(NC(COC)C(C)C)c(C)c1. The summed E-state index contributed by atoms with van der Waals surface area (Å²) < 4.78 is 10.7. The van der Waals surface area contributed by atoms with E-state index in [0.717, 1.165) is 11.4 Å². The summed E-state index contributed by atoms with van der Waals surface area (Å²) >= 11 is 0. The van der Waals surface area contributed by atoms with Gasteiger partial charge in [-0.2, -0.15) is 0 Å². The van der Waals surface area contributed by atoms with Crippen molar-refractivity contribution in [3.63, 3.8) is 0 Å². The third-order valence-electron chi connectivity index (χ3n) is 3.00. The Hall–Kier alpha value is -1.22. The first-order valence-corrected chi connectivity index (χ1v) is 6.57. The number of nitrogens with one attached hydrogen (secondary N) is 1. The van der Waals surface area contributed by atoms with Gasteiger partial charge in [0, 0.05) is 12.8 Å². The van der Waals surface area contributed by atoms with Crippen molar-refractivity contribution in [3.05, 3.63) is 23.8 Å². The number of rotatable bonds is 7. The van der Waals surface area contributed by atoms with Gasteiger partial charge < -0.3 is 14.8 Å². The minimum absolute atomic E-state index is 0.326. The molecular weight excluding hydrogens is 226 g/mol. The van der Waals surface area contributed by atoms with Gasteiger partial charge >= 0.3 is 0 Å². The summed E-state index contributed by atoms with van der Waals surface area (Å²) in [5.41, 5.74) is 2.34. The number of ether oxygens (including phenoxy) is 2. The zero-order valence-electron chi connectivity index (χ0n) is 12.1. The monoisotopic (exact) mass is 251 g/mol. The Kier molecular flexibility index (Phi) is 5.99. The summed E-state index contributed by atoms with van der Waals surface area (Å²) in [5.74, 6) is 1.45. The Balaban J connectivity index is 2.76. The summed E-state index contributed by atoms with van der Waals surface area (Å²) in [7, 11) is 1.74. The molecule has 0 fully saturated rings. The van der Waals surface area contributed by atoms with E-state index in [0.29, 0.717) is 25.2 Å². The molecule has 0 amide bonds. The molecule has 0 heterocycles. The van der Waals surface area contributed by atoms with E-state index < -0.39 is 0 Å². The van der Waals surface area contributed by atoms with Gasteiger partial charge in [0.05, 0.1) is 19.3 Å². The summed E-state index contributed by atoms with van der Waals surface area (Å²) in [5, 5.41) is 3.54. The molecule has 0 saturated carbocycles. The highest BCUT2D eigenvalue weighted by Crippen LogP contribution is 2.23. The molecule has 1 N–H and O–H groups in total. The van der Waals surface area contributed by atoms with E-state index in [4.69, 9.17) is 9.47 Å². The number of hydrogen-bond donors (Lipinski definition) is 1. The lowest BCUT2D eigenvalue weighted by molar-refractivity contribution is 0.171. The zero-order chi connectivity index (χ0) is 13.5. The highest BCUT2D eigenvalue weighted by atomic mass is 16.5. The minimum atomic E-state index is 0.326. The molecule has 0 aliphatic rings. The fourth-order valence-electron chi connectivity index (χ4n) is 1.83. The van der Waals surface area contributed by atoms with E-state index in [1.165, 1.54) is 5.56 Å². The number of hydrogen-bond acceptors (Lipinski definition) is 3. The number of aryl methyl sites for hydroxylation is 1. The molecular formula is C15H25NO2. The van der Waals surface area contributed by atoms with E-state index >= 15 is 0 Å². The van der Waals surface area contributed by atoms with Gasteiger partial charge in [-0.15, -0.1) is 0 Å². The fourth-order valence-corrected chi connectivity index (χ4v) is 1.83. The van der Waals surface area contributed by atoms with E-state index in [-0.39, 0.29) is 0 Å². The van der Waals surface area contributed by atoms with Gasteiger partial charge in [0.1, 0.15) is 5.75 Å². The topological polar surface area (TPSA) is 30.5 Å². The van der Waals surface area contributed by atoms with Crippen molar-refractivity contribution in [1.82, 2.24) is 0 Å². The molecule has 102 valence electrons. The average Bonchev–Trinajstić information content (AvgIpc) is 2.31. The molecule has 0 radical (unpaired) electrons. The van der Waals surface area contributed by atoms with Crippen LogP contribution in [0, 0.1) is 12.8 Å². The van der Waals surface area contributed by atoms with Crippen molar-refractivity contribution in [2.24, 2.45) is 5.92 Å². The van der Waals surface area contributed by atoms with Gasteiger partial charge in [-0.1, -0.05) is 13.8 Å². The third-order valence-corrected chi connectivity index (χ3v) is 3.00. The molecule has 0 aliphatic heterocycles. The first-order chi connectivity index (χ1) is 8.58. The van der Waals surface area contributed by atoms with Crippen LogP contribution in [0.4, 0.5) is 5.69 Å². The van der Waals surface area contributed by atoms with Crippen LogP contribution in [-0.4, -0.2) is 26.4 Å². The van der Waals surface area contributed by atoms with Crippen molar-refractivity contribution in [2.75, 3.05) is 25.6 Å². The van der Waals surface area contributed by atoms with E-state index in [1.807, 2.05) is 13.0 Å². The number of benzene rings is 1. The normalized spacial score (nSPS) is 12.6. The molecule has 3 heteroatoms. The minimum Gasteiger partial charge on any atom is -0.494 e. The predicted octanol–water partition coefficient (Wildman–Crippen LogP) is 3.48. The average molecular weight is 251 g/mol. The predicted molar refractivity (Wildman–Crippen MR) is 76.5 cm³/mol. The van der Waals surface area contributed by atoms with Crippen LogP contribution >= 0.6 is 0 Å². The van der Waals surface area contributed by atoms with Crippen LogP contribution < -0.4 is 10.1 Å². The molecule has 0 saturated heterocycles. The van der Waals surface area contributed by atoms with Crippen LogP contribution in [0.25, 0.3) is 0 Å². The summed E-state index contributed by atoms with van der Waals surface area (Å²) in [4.78, 5) is 0. The van der Waals surface area contributed by atoms with E-state index in [2.05, 4.69) is 38.2 Å². The van der Waals surface area contributed by atoms with Crippen molar-refractivity contribution >= 4 is 5.69 Å². The van der Waals surface area contributed by atoms with Crippen LogP contribution in [0.2, 0.25) is 0 Å². The van der Waals surface area contributed by atoms with Crippen molar-refractivity contribution < 1.29 is 9.47 Å². The number of anilines is 1. The highest BCUT2D eigenvalue weighted by Gasteiger charge is 2.13. The maximum absolute atomic E-state index is 5.49. The lowest BCUT2D eigenvalue weighted by Gasteiger charge is -2.24. The van der Waals surface area contributed by atoms with Crippen LogP contribution in [0.1, 0.15) is 26.3 Å². The van der Waals surface area contributed by atoms with Crippen LogP contribution in [-0.2, 0) is 4.74 Å². The van der Waals surface area contributed by atoms with Crippen molar-refractivity contribution in [3.8, 4) is 5.75 Å². The second-order valence-electron chi connectivity index (χ2n) is 4.86. The Morgan fingerprint density at radius 3 is 2.50 bits per heavy atom. The molecule has 1 aromatic rings. The van der Waals surface area contributed by atoms with Gasteiger partial charge in [0.2, 0.25) is 0 Å². The molecule has 0 bridgehead atoms. The Morgan fingerprint density at radius 1 is 1.28 bits per heavy atom. The molecule has 0 spiro atoms. The Labute approximate surface area is 110 Å². The lowest BCUT2D eigenvalue weighted by atomic mass is 10.0. The summed E-state index contributed by atoms with van der Waals surface area (Å²) in [6, 6.07) is 6.47. The van der Waals surface area contributed by atoms with Crippen LogP contribution in [0.15, 0.2) is 18.2 Å². The molecule has 18 heavy (non-hydrogen) atoms. The summed E-state index contributed by atoms with van der Waals surface area (Å²) in [6.45, 7) is 9.89. The van der Waals surface area contributed by atoms with Crippen molar-refractivity contribution in [2.45, 2.75) is 33.7 Å². The third kappa shape index (κ3) is 4.22. The maximum Gasteiger partial charge on any atom is 0.119 e. The fraction of sp³-hybridized carbons (Fsp3) is 0.600. The smallest absolute Gasteiger partial charge is 0.119 e. The Bertz CT molecular complexity index is 364. The van der Waals surface area contributed by atoms with Gasteiger partial charge in [-0.05, 0) is 43.5 Å².